The Kier molecular flexibility index (Phi) is 5.39. The Hall–Kier alpha value is -1.94. The summed E-state index contributed by atoms with van der Waals surface area (Å²) in [5, 5.41) is 0.657. The standard InChI is InChI=1S/C22H26ClF2N5O2S/c1-5-33-19-27-16-14-11(26-17(23)15(16)24)6-7-12-13-8-9-22(25,10-29(12)18(14)28-19)30(13)20(31)32-21(2,3)4/h12-13H,5-10H2,1-4H3/t12-,13+,22-/m1/s1. The van der Waals surface area contributed by atoms with E-state index in [1.165, 1.54) is 16.7 Å². The summed E-state index contributed by atoms with van der Waals surface area (Å²) in [4.78, 5) is 29.6. The predicted molar refractivity (Wildman–Crippen MR) is 123 cm³/mol. The second-order valence-electron chi connectivity index (χ2n) is 9.76. The highest BCUT2D eigenvalue weighted by Crippen LogP contribution is 2.48. The van der Waals surface area contributed by atoms with Crippen molar-refractivity contribution >= 4 is 46.2 Å². The molecule has 5 rings (SSSR count). The summed E-state index contributed by atoms with van der Waals surface area (Å²) >= 11 is 7.48. The van der Waals surface area contributed by atoms with Gasteiger partial charge in [0, 0.05) is 6.42 Å². The van der Waals surface area contributed by atoms with Crippen LogP contribution in [0.1, 0.15) is 52.7 Å². The van der Waals surface area contributed by atoms with Gasteiger partial charge in [-0.1, -0.05) is 30.3 Å². The molecular formula is C22H26ClF2N5O2S. The molecule has 0 N–H and O–H groups in total. The number of anilines is 1. The van der Waals surface area contributed by atoms with Gasteiger partial charge in [0.15, 0.2) is 16.1 Å². The average molecular weight is 498 g/mol. The fraction of sp³-hybridized carbons (Fsp3) is 0.636. The molecule has 11 heteroatoms. The number of ether oxygens (including phenoxy) is 1. The monoisotopic (exact) mass is 497 g/mol. The lowest BCUT2D eigenvalue weighted by molar-refractivity contribution is -0.0581. The van der Waals surface area contributed by atoms with Gasteiger partial charge in [-0.2, -0.15) is 0 Å². The van der Waals surface area contributed by atoms with E-state index in [-0.39, 0.29) is 35.7 Å². The van der Waals surface area contributed by atoms with Crippen LogP contribution in [0.4, 0.5) is 19.4 Å². The van der Waals surface area contributed by atoms with E-state index in [0.29, 0.717) is 47.1 Å². The fourth-order valence-corrected chi connectivity index (χ4v) is 6.01. The molecule has 5 heterocycles. The first-order valence-electron chi connectivity index (χ1n) is 11.2. The second kappa shape index (κ2) is 7.80. The highest BCUT2D eigenvalue weighted by Gasteiger charge is 2.60. The number of hydrogen-bond donors (Lipinski definition) is 0. The van der Waals surface area contributed by atoms with Crippen LogP contribution in [0, 0.1) is 5.82 Å². The molecule has 7 nitrogen and oxygen atoms in total. The number of aryl methyl sites for hydroxylation is 1. The van der Waals surface area contributed by atoms with Gasteiger partial charge in [0.25, 0.3) is 0 Å². The minimum Gasteiger partial charge on any atom is -0.444 e. The highest BCUT2D eigenvalue weighted by atomic mass is 35.5. The minimum absolute atomic E-state index is 0.0700. The van der Waals surface area contributed by atoms with Crippen LogP contribution in [0.25, 0.3) is 10.9 Å². The molecule has 33 heavy (non-hydrogen) atoms. The van der Waals surface area contributed by atoms with Crippen LogP contribution in [0.5, 0.6) is 0 Å². The Bertz CT molecular complexity index is 1150. The van der Waals surface area contributed by atoms with E-state index in [9.17, 15) is 4.79 Å². The molecule has 0 spiro atoms. The molecule has 1 amide bonds. The largest absolute Gasteiger partial charge is 0.444 e. The Balaban J connectivity index is 1.64. The molecular weight excluding hydrogens is 472 g/mol. The molecule has 2 fully saturated rings. The molecule has 2 aromatic heterocycles. The Morgan fingerprint density at radius 2 is 2.03 bits per heavy atom. The Labute approximate surface area is 200 Å². The Morgan fingerprint density at radius 3 is 2.73 bits per heavy atom. The van der Waals surface area contributed by atoms with Crippen molar-refractivity contribution in [3.63, 3.8) is 0 Å². The molecule has 0 aromatic carbocycles. The van der Waals surface area contributed by atoms with Crippen LogP contribution in [0.3, 0.4) is 0 Å². The van der Waals surface area contributed by atoms with Gasteiger partial charge in [0.2, 0.25) is 5.79 Å². The van der Waals surface area contributed by atoms with Gasteiger partial charge in [0.1, 0.15) is 16.9 Å². The Morgan fingerprint density at radius 1 is 1.27 bits per heavy atom. The zero-order valence-electron chi connectivity index (χ0n) is 19.0. The molecule has 0 unspecified atom stereocenters. The summed E-state index contributed by atoms with van der Waals surface area (Å²) < 4.78 is 36.9. The molecule has 3 aliphatic rings. The number of thioether (sulfide) groups is 1. The molecule has 2 aromatic rings. The molecule has 3 aliphatic heterocycles. The van der Waals surface area contributed by atoms with E-state index < -0.39 is 23.3 Å². The van der Waals surface area contributed by atoms with Crippen LogP contribution in [0.2, 0.25) is 5.15 Å². The van der Waals surface area contributed by atoms with E-state index in [0.717, 1.165) is 0 Å². The summed E-state index contributed by atoms with van der Waals surface area (Å²) in [6.07, 6.45) is 1.18. The maximum absolute atomic E-state index is 16.3. The van der Waals surface area contributed by atoms with E-state index in [2.05, 4.69) is 9.97 Å². The molecule has 3 atom stereocenters. The molecule has 2 bridgehead atoms. The minimum atomic E-state index is -1.90. The van der Waals surface area contributed by atoms with Crippen LogP contribution in [-0.4, -0.2) is 61.7 Å². The van der Waals surface area contributed by atoms with Gasteiger partial charge in [-0.25, -0.2) is 28.5 Å². The molecule has 0 radical (unpaired) electrons. The maximum Gasteiger partial charge on any atom is 0.413 e. The van der Waals surface area contributed by atoms with Crippen molar-refractivity contribution in [3.8, 4) is 0 Å². The third-order valence-corrected chi connectivity index (χ3v) is 7.42. The van der Waals surface area contributed by atoms with Crippen molar-refractivity contribution in [1.82, 2.24) is 19.9 Å². The normalized spacial score (nSPS) is 26.4. The third-order valence-electron chi connectivity index (χ3n) is 6.44. The lowest BCUT2D eigenvalue weighted by Gasteiger charge is -2.49. The smallest absolute Gasteiger partial charge is 0.413 e. The van der Waals surface area contributed by atoms with Crippen LogP contribution in [0.15, 0.2) is 5.16 Å². The molecule has 2 saturated heterocycles. The second-order valence-corrected chi connectivity index (χ2v) is 11.3. The number of piperazine rings is 1. The van der Waals surface area contributed by atoms with Gasteiger partial charge in [-0.05, 0) is 45.8 Å². The van der Waals surface area contributed by atoms with Crippen molar-refractivity contribution in [2.75, 3.05) is 17.2 Å². The molecule has 0 saturated carbocycles. The first-order valence-corrected chi connectivity index (χ1v) is 12.5. The number of carbonyl (C=O) groups is 1. The van der Waals surface area contributed by atoms with Crippen LogP contribution >= 0.6 is 23.4 Å². The van der Waals surface area contributed by atoms with Crippen molar-refractivity contribution in [3.05, 3.63) is 16.7 Å². The van der Waals surface area contributed by atoms with E-state index >= 15 is 8.78 Å². The SMILES string of the molecule is CCSc1nc2c3c(nc(Cl)c(F)c3n1)CC[C@@H]1[C@@H]3CC[C@](F)(CN21)N3C(=O)OC(C)(C)C. The summed E-state index contributed by atoms with van der Waals surface area (Å²) in [6.45, 7) is 7.19. The average Bonchev–Trinajstić information content (AvgIpc) is 2.89. The number of aromatic nitrogens is 3. The number of alkyl halides is 1. The molecule has 0 aliphatic carbocycles. The maximum atomic E-state index is 16.3. The van der Waals surface area contributed by atoms with Gasteiger partial charge in [0.05, 0.1) is 29.7 Å². The highest BCUT2D eigenvalue weighted by molar-refractivity contribution is 7.99. The first-order chi connectivity index (χ1) is 15.5. The number of rotatable bonds is 2. The van der Waals surface area contributed by atoms with E-state index in [4.69, 9.17) is 21.3 Å². The number of amides is 1. The summed E-state index contributed by atoms with van der Waals surface area (Å²) in [5.41, 5.74) is -0.0182. The number of halogens is 3. The number of pyridine rings is 1. The summed E-state index contributed by atoms with van der Waals surface area (Å²) in [5.74, 6) is -1.43. The third kappa shape index (κ3) is 3.69. The molecule has 178 valence electrons. The van der Waals surface area contributed by atoms with Crippen molar-refractivity contribution < 1.29 is 18.3 Å². The zero-order valence-corrected chi connectivity index (χ0v) is 20.6. The quantitative estimate of drug-likeness (QED) is 0.246. The number of hydrogen-bond acceptors (Lipinski definition) is 7. The van der Waals surface area contributed by atoms with Gasteiger partial charge in [-0.3, -0.25) is 4.90 Å². The number of nitrogens with zero attached hydrogens (tertiary/aromatic N) is 5. The fourth-order valence-electron chi connectivity index (χ4n) is 5.25. The number of carbonyl (C=O) groups excluding carboxylic acids is 1. The van der Waals surface area contributed by atoms with E-state index in [1.807, 2.05) is 11.8 Å². The lowest BCUT2D eigenvalue weighted by atomic mass is 9.98. The number of fused-ring (bicyclic) bond motifs is 5. The predicted octanol–water partition coefficient (Wildman–Crippen LogP) is 5.13. The van der Waals surface area contributed by atoms with Gasteiger partial charge < -0.3 is 9.64 Å². The zero-order chi connectivity index (χ0) is 23.7. The van der Waals surface area contributed by atoms with Crippen molar-refractivity contribution in [1.29, 1.82) is 0 Å². The van der Waals surface area contributed by atoms with Crippen molar-refractivity contribution in [2.24, 2.45) is 0 Å². The van der Waals surface area contributed by atoms with Crippen LogP contribution in [-0.2, 0) is 11.2 Å². The first kappa shape index (κ1) is 22.8. The lowest BCUT2D eigenvalue weighted by Crippen LogP contribution is -2.66. The summed E-state index contributed by atoms with van der Waals surface area (Å²) in [6, 6.07) is -0.599. The van der Waals surface area contributed by atoms with Crippen LogP contribution < -0.4 is 4.90 Å². The van der Waals surface area contributed by atoms with Crippen molar-refractivity contribution in [2.45, 2.75) is 82.0 Å². The van der Waals surface area contributed by atoms with Gasteiger partial charge in [-0.15, -0.1) is 0 Å². The summed E-state index contributed by atoms with van der Waals surface area (Å²) in [7, 11) is 0. The van der Waals surface area contributed by atoms with E-state index in [1.54, 1.807) is 20.8 Å². The van der Waals surface area contributed by atoms with Gasteiger partial charge >= 0.3 is 6.09 Å². The topological polar surface area (TPSA) is 71.5 Å².